The van der Waals surface area contributed by atoms with Gasteiger partial charge in [-0.05, 0) is 35.8 Å². The van der Waals surface area contributed by atoms with E-state index in [2.05, 4.69) is 72.2 Å². The van der Waals surface area contributed by atoms with Gasteiger partial charge in [0, 0.05) is 38.8 Å². The van der Waals surface area contributed by atoms with Gasteiger partial charge in [0.2, 0.25) is 0 Å². The first-order valence-corrected chi connectivity index (χ1v) is 11.4. The standard InChI is InChI=1S/2C13H19NO/c1-11-7-13(10-15)14(8-11)9-12-5-3-2-4-6-12;1-11-7-13(15)10-14(8-11)9-12-5-3-2-4-6-12/h2*2-6,11,13,15H,7-10H2,1H3/t11-,13+;11-,13-/m11/s1. The molecule has 2 fully saturated rings. The average Bonchev–Trinajstić information content (AvgIpc) is 3.08. The Morgan fingerprint density at radius 3 is 1.90 bits per heavy atom. The van der Waals surface area contributed by atoms with Crippen LogP contribution in [0.5, 0.6) is 0 Å². The maximum Gasteiger partial charge on any atom is 0.0670 e. The molecule has 2 heterocycles. The number of benzene rings is 2. The molecule has 0 bridgehead atoms. The average molecular weight is 411 g/mol. The van der Waals surface area contributed by atoms with Crippen LogP contribution in [0.2, 0.25) is 0 Å². The minimum Gasteiger partial charge on any atom is -0.395 e. The van der Waals surface area contributed by atoms with Crippen LogP contribution in [0.4, 0.5) is 0 Å². The normalized spacial score (nSPS) is 27.5. The van der Waals surface area contributed by atoms with Crippen molar-refractivity contribution in [3.63, 3.8) is 0 Å². The summed E-state index contributed by atoms with van der Waals surface area (Å²) in [5, 5.41) is 19.0. The molecule has 164 valence electrons. The summed E-state index contributed by atoms with van der Waals surface area (Å²) >= 11 is 0. The molecule has 0 radical (unpaired) electrons. The summed E-state index contributed by atoms with van der Waals surface area (Å²) in [6, 6.07) is 21.3. The maximum atomic E-state index is 9.69. The summed E-state index contributed by atoms with van der Waals surface area (Å²) in [6.45, 7) is 9.72. The molecule has 4 heteroatoms. The molecule has 0 amide bonds. The fraction of sp³-hybridized carbons (Fsp3) is 0.538. The van der Waals surface area contributed by atoms with Crippen molar-refractivity contribution < 1.29 is 10.2 Å². The Kier molecular flexibility index (Phi) is 8.88. The van der Waals surface area contributed by atoms with Gasteiger partial charge in [0.15, 0.2) is 0 Å². The molecule has 0 aliphatic carbocycles. The first-order valence-electron chi connectivity index (χ1n) is 11.4. The van der Waals surface area contributed by atoms with E-state index in [1.807, 2.05) is 12.1 Å². The third kappa shape index (κ3) is 7.21. The second-order valence-corrected chi connectivity index (χ2v) is 9.27. The SMILES string of the molecule is C[C@@H]1C[C@@H](CO)N(Cc2ccccc2)C1.C[C@@H]1C[C@@H](O)CN(Cc2ccccc2)C1. The fourth-order valence-electron chi connectivity index (χ4n) is 4.84. The lowest BCUT2D eigenvalue weighted by molar-refractivity contribution is 0.0409. The number of aliphatic hydroxyl groups excluding tert-OH is 2. The van der Waals surface area contributed by atoms with Crippen molar-refractivity contribution in [3.05, 3.63) is 71.8 Å². The van der Waals surface area contributed by atoms with Crippen LogP contribution in [0.25, 0.3) is 0 Å². The molecule has 0 saturated carbocycles. The second kappa shape index (κ2) is 11.6. The molecule has 30 heavy (non-hydrogen) atoms. The third-order valence-corrected chi connectivity index (χ3v) is 6.14. The minimum absolute atomic E-state index is 0.141. The Labute approximate surface area is 182 Å². The Morgan fingerprint density at radius 1 is 0.767 bits per heavy atom. The quantitative estimate of drug-likeness (QED) is 0.788. The molecule has 4 rings (SSSR count). The summed E-state index contributed by atoms with van der Waals surface area (Å²) in [4.78, 5) is 4.73. The molecule has 2 aliphatic heterocycles. The Hall–Kier alpha value is -1.72. The number of rotatable bonds is 5. The van der Waals surface area contributed by atoms with Gasteiger partial charge in [0.25, 0.3) is 0 Å². The third-order valence-electron chi connectivity index (χ3n) is 6.14. The monoisotopic (exact) mass is 410 g/mol. The molecule has 2 aromatic carbocycles. The summed E-state index contributed by atoms with van der Waals surface area (Å²) in [7, 11) is 0. The topological polar surface area (TPSA) is 46.9 Å². The second-order valence-electron chi connectivity index (χ2n) is 9.27. The van der Waals surface area contributed by atoms with Crippen molar-refractivity contribution in [2.75, 3.05) is 26.2 Å². The largest absolute Gasteiger partial charge is 0.395 e. The lowest BCUT2D eigenvalue weighted by Gasteiger charge is -2.34. The summed E-state index contributed by atoms with van der Waals surface area (Å²) in [6.07, 6.45) is 1.94. The number of aliphatic hydroxyl groups is 2. The lowest BCUT2D eigenvalue weighted by atomic mass is 9.97. The van der Waals surface area contributed by atoms with Crippen LogP contribution >= 0.6 is 0 Å². The van der Waals surface area contributed by atoms with Crippen molar-refractivity contribution >= 4 is 0 Å². The first kappa shape index (κ1) is 23.0. The van der Waals surface area contributed by atoms with E-state index in [0.717, 1.165) is 45.6 Å². The van der Waals surface area contributed by atoms with E-state index in [1.165, 1.54) is 11.1 Å². The molecule has 2 aromatic rings. The number of hydrogen-bond acceptors (Lipinski definition) is 4. The van der Waals surface area contributed by atoms with E-state index in [9.17, 15) is 10.2 Å². The maximum absolute atomic E-state index is 9.69. The van der Waals surface area contributed by atoms with E-state index in [-0.39, 0.29) is 12.7 Å². The van der Waals surface area contributed by atoms with E-state index in [0.29, 0.717) is 17.9 Å². The van der Waals surface area contributed by atoms with Gasteiger partial charge in [-0.3, -0.25) is 9.80 Å². The summed E-state index contributed by atoms with van der Waals surface area (Å²) in [5.41, 5.74) is 2.67. The predicted molar refractivity (Wildman–Crippen MR) is 123 cm³/mol. The Morgan fingerprint density at radius 2 is 1.33 bits per heavy atom. The van der Waals surface area contributed by atoms with Crippen molar-refractivity contribution in [2.45, 2.75) is 51.9 Å². The number of hydrogen-bond donors (Lipinski definition) is 2. The lowest BCUT2D eigenvalue weighted by Crippen LogP contribution is -2.41. The molecular weight excluding hydrogens is 372 g/mol. The van der Waals surface area contributed by atoms with Crippen LogP contribution in [0.15, 0.2) is 60.7 Å². The highest BCUT2D eigenvalue weighted by Crippen LogP contribution is 2.24. The Bertz CT molecular complexity index is 714. The summed E-state index contributed by atoms with van der Waals surface area (Å²) < 4.78 is 0. The number of piperidine rings is 1. The smallest absolute Gasteiger partial charge is 0.0670 e. The molecule has 2 aliphatic rings. The van der Waals surface area contributed by atoms with Gasteiger partial charge in [-0.1, -0.05) is 74.5 Å². The van der Waals surface area contributed by atoms with Crippen LogP contribution in [-0.2, 0) is 13.1 Å². The predicted octanol–water partition coefficient (Wildman–Crippen LogP) is 3.78. The van der Waals surface area contributed by atoms with Gasteiger partial charge in [-0.2, -0.15) is 0 Å². The molecule has 2 N–H and O–H groups in total. The van der Waals surface area contributed by atoms with E-state index >= 15 is 0 Å². The number of nitrogens with zero attached hydrogens (tertiary/aromatic N) is 2. The van der Waals surface area contributed by atoms with Gasteiger partial charge >= 0.3 is 0 Å². The van der Waals surface area contributed by atoms with Crippen LogP contribution in [-0.4, -0.2) is 58.4 Å². The molecule has 0 unspecified atom stereocenters. The first-order chi connectivity index (χ1) is 14.5. The van der Waals surface area contributed by atoms with Crippen LogP contribution < -0.4 is 0 Å². The zero-order valence-corrected chi connectivity index (χ0v) is 18.5. The number of likely N-dealkylation sites (tertiary alicyclic amines) is 2. The van der Waals surface area contributed by atoms with Gasteiger partial charge in [0.05, 0.1) is 12.7 Å². The minimum atomic E-state index is -0.141. The van der Waals surface area contributed by atoms with Crippen molar-refractivity contribution in [2.24, 2.45) is 11.8 Å². The van der Waals surface area contributed by atoms with Crippen molar-refractivity contribution in [1.82, 2.24) is 9.80 Å². The van der Waals surface area contributed by atoms with Crippen LogP contribution in [0, 0.1) is 11.8 Å². The molecule has 4 atom stereocenters. The molecular formula is C26H38N2O2. The molecule has 2 saturated heterocycles. The summed E-state index contributed by atoms with van der Waals surface area (Å²) in [5.74, 6) is 1.32. The highest BCUT2D eigenvalue weighted by atomic mass is 16.3. The molecule has 0 spiro atoms. The fourth-order valence-corrected chi connectivity index (χ4v) is 4.84. The van der Waals surface area contributed by atoms with Gasteiger partial charge in [-0.25, -0.2) is 0 Å². The molecule has 4 nitrogen and oxygen atoms in total. The molecule has 0 aromatic heterocycles. The van der Waals surface area contributed by atoms with E-state index < -0.39 is 0 Å². The van der Waals surface area contributed by atoms with Crippen LogP contribution in [0.3, 0.4) is 0 Å². The van der Waals surface area contributed by atoms with Gasteiger partial charge in [-0.15, -0.1) is 0 Å². The van der Waals surface area contributed by atoms with E-state index in [1.54, 1.807) is 0 Å². The highest BCUT2D eigenvalue weighted by molar-refractivity contribution is 5.15. The Balaban J connectivity index is 0.000000171. The zero-order chi connectivity index (χ0) is 21.3. The zero-order valence-electron chi connectivity index (χ0n) is 18.5. The van der Waals surface area contributed by atoms with E-state index in [4.69, 9.17) is 0 Å². The number of β-amino-alcohol motifs (C(OH)–C–C–N with tert-alkyl or cyclic N) is 1. The van der Waals surface area contributed by atoms with Gasteiger partial charge in [0.1, 0.15) is 0 Å². The highest BCUT2D eigenvalue weighted by Gasteiger charge is 2.28. The van der Waals surface area contributed by atoms with Gasteiger partial charge < -0.3 is 10.2 Å². The van der Waals surface area contributed by atoms with Crippen molar-refractivity contribution in [3.8, 4) is 0 Å². The van der Waals surface area contributed by atoms with Crippen molar-refractivity contribution in [1.29, 1.82) is 0 Å². The van der Waals surface area contributed by atoms with Crippen LogP contribution in [0.1, 0.15) is 37.8 Å².